The largest absolute Gasteiger partial charge is 0.337 e. The summed E-state index contributed by atoms with van der Waals surface area (Å²) in [6, 6.07) is 0.693. The molecular formula is C18H21F2N5O. The molecule has 4 heterocycles. The Kier molecular flexibility index (Phi) is 4.65. The Bertz CT molecular complexity index is 814. The molecule has 6 nitrogen and oxygen atoms in total. The lowest BCUT2D eigenvalue weighted by molar-refractivity contribution is 0.0698. The number of amides is 1. The van der Waals surface area contributed by atoms with E-state index in [1.165, 1.54) is 6.42 Å². The number of halogens is 2. The van der Waals surface area contributed by atoms with E-state index in [-0.39, 0.29) is 11.6 Å². The molecule has 0 aliphatic carbocycles. The molecule has 1 saturated heterocycles. The van der Waals surface area contributed by atoms with E-state index >= 15 is 0 Å². The lowest BCUT2D eigenvalue weighted by Gasteiger charge is -2.31. The number of hydrogen-bond acceptors (Lipinski definition) is 4. The van der Waals surface area contributed by atoms with Crippen LogP contribution < -0.4 is 0 Å². The van der Waals surface area contributed by atoms with Crippen molar-refractivity contribution < 1.29 is 13.6 Å². The number of carbonyl (C=O) groups excluding carboxylic acids is 1. The molecule has 4 rings (SSSR count). The Morgan fingerprint density at radius 2 is 1.88 bits per heavy atom. The zero-order chi connectivity index (χ0) is 18.1. The van der Waals surface area contributed by atoms with Crippen LogP contribution in [0.25, 0.3) is 0 Å². The van der Waals surface area contributed by atoms with Gasteiger partial charge in [0.1, 0.15) is 17.5 Å². The molecule has 26 heavy (non-hydrogen) atoms. The van der Waals surface area contributed by atoms with Crippen LogP contribution in [-0.4, -0.2) is 43.6 Å². The van der Waals surface area contributed by atoms with Crippen molar-refractivity contribution in [2.75, 3.05) is 13.1 Å². The van der Waals surface area contributed by atoms with E-state index in [2.05, 4.69) is 19.7 Å². The highest BCUT2D eigenvalue weighted by Gasteiger charge is 2.30. The van der Waals surface area contributed by atoms with Crippen molar-refractivity contribution in [1.82, 2.24) is 24.6 Å². The third-order valence-electron chi connectivity index (χ3n) is 5.30. The highest BCUT2D eigenvalue weighted by atomic mass is 19.1. The van der Waals surface area contributed by atoms with Crippen LogP contribution in [0.4, 0.5) is 8.78 Å². The first kappa shape index (κ1) is 17.1. The molecule has 138 valence electrons. The van der Waals surface area contributed by atoms with Gasteiger partial charge in [0.15, 0.2) is 11.5 Å². The van der Waals surface area contributed by atoms with E-state index in [1.54, 1.807) is 4.90 Å². The Hall–Kier alpha value is -2.38. The first-order valence-corrected chi connectivity index (χ1v) is 9.16. The summed E-state index contributed by atoms with van der Waals surface area (Å²) in [5.41, 5.74) is -0.318. The molecule has 2 aliphatic rings. The maximum atomic E-state index is 13.8. The predicted octanol–water partition coefficient (Wildman–Crippen LogP) is 2.70. The van der Waals surface area contributed by atoms with Crippen molar-refractivity contribution in [3.8, 4) is 0 Å². The summed E-state index contributed by atoms with van der Waals surface area (Å²) in [4.78, 5) is 17.7. The molecule has 0 atom stereocenters. The van der Waals surface area contributed by atoms with Gasteiger partial charge in [0.05, 0.1) is 6.20 Å². The fraction of sp³-hybridized carbons (Fsp3) is 0.556. The molecule has 2 aliphatic heterocycles. The molecule has 0 spiro atoms. The van der Waals surface area contributed by atoms with Gasteiger partial charge in [0.2, 0.25) is 0 Å². The number of likely N-dealkylation sites (tertiary alicyclic amines) is 1. The van der Waals surface area contributed by atoms with Crippen molar-refractivity contribution in [3.63, 3.8) is 0 Å². The fourth-order valence-electron chi connectivity index (χ4n) is 3.87. The molecule has 0 unspecified atom stereocenters. The summed E-state index contributed by atoms with van der Waals surface area (Å²) in [5.74, 6) is 0.143. The van der Waals surface area contributed by atoms with Crippen LogP contribution in [0.5, 0.6) is 0 Å². The molecule has 0 radical (unpaired) electrons. The van der Waals surface area contributed by atoms with Gasteiger partial charge in [-0.25, -0.2) is 13.8 Å². The van der Waals surface area contributed by atoms with Gasteiger partial charge in [-0.15, -0.1) is 10.2 Å². The van der Waals surface area contributed by atoms with Crippen LogP contribution in [0.15, 0.2) is 12.3 Å². The minimum Gasteiger partial charge on any atom is -0.337 e. The molecule has 1 fully saturated rings. The molecule has 2 aromatic heterocycles. The number of piperidine rings is 1. The highest BCUT2D eigenvalue weighted by molar-refractivity contribution is 5.92. The monoisotopic (exact) mass is 361 g/mol. The smallest absolute Gasteiger partial charge is 0.275 e. The van der Waals surface area contributed by atoms with Crippen LogP contribution in [0.2, 0.25) is 0 Å². The molecule has 2 aromatic rings. The molecule has 0 saturated carbocycles. The van der Waals surface area contributed by atoms with Gasteiger partial charge >= 0.3 is 0 Å². The Morgan fingerprint density at radius 1 is 1.08 bits per heavy atom. The van der Waals surface area contributed by atoms with Gasteiger partial charge in [0, 0.05) is 38.0 Å². The van der Waals surface area contributed by atoms with E-state index in [0.29, 0.717) is 19.2 Å². The van der Waals surface area contributed by atoms with Gasteiger partial charge in [-0.1, -0.05) is 6.42 Å². The summed E-state index contributed by atoms with van der Waals surface area (Å²) in [6.07, 6.45) is 6.87. The lowest BCUT2D eigenvalue weighted by atomic mass is 9.95. The zero-order valence-electron chi connectivity index (χ0n) is 14.5. The van der Waals surface area contributed by atoms with Crippen molar-refractivity contribution in [3.05, 3.63) is 41.2 Å². The minimum absolute atomic E-state index is 0.254. The van der Waals surface area contributed by atoms with E-state index in [9.17, 15) is 13.6 Å². The van der Waals surface area contributed by atoms with Crippen LogP contribution >= 0.6 is 0 Å². The van der Waals surface area contributed by atoms with E-state index in [1.807, 2.05) is 0 Å². The fourth-order valence-corrected chi connectivity index (χ4v) is 3.87. The van der Waals surface area contributed by atoms with E-state index in [0.717, 1.165) is 56.5 Å². The average molecular weight is 361 g/mol. The van der Waals surface area contributed by atoms with Gasteiger partial charge in [-0.2, -0.15) is 0 Å². The van der Waals surface area contributed by atoms with Crippen molar-refractivity contribution in [1.29, 1.82) is 0 Å². The summed E-state index contributed by atoms with van der Waals surface area (Å²) in [6.45, 7) is 1.97. The Labute approximate surface area is 150 Å². The van der Waals surface area contributed by atoms with E-state index in [4.69, 9.17) is 0 Å². The molecule has 0 bridgehead atoms. The number of fused-ring (bicyclic) bond motifs is 1. The van der Waals surface area contributed by atoms with Gasteiger partial charge < -0.3 is 9.47 Å². The summed E-state index contributed by atoms with van der Waals surface area (Å²) in [5, 5.41) is 8.76. The third kappa shape index (κ3) is 3.20. The van der Waals surface area contributed by atoms with Crippen molar-refractivity contribution >= 4 is 5.91 Å². The standard InChI is InChI=1S/C18H21F2N5O/c19-13-10-14(20)16(21-11-13)18(26)24-8-5-12(6-9-24)17-23-22-15-4-2-1-3-7-25(15)17/h10-12H,1-9H2. The molecular weight excluding hydrogens is 340 g/mol. The number of pyridine rings is 1. The lowest BCUT2D eigenvalue weighted by Crippen LogP contribution is -2.39. The first-order chi connectivity index (χ1) is 12.6. The van der Waals surface area contributed by atoms with Crippen LogP contribution in [0.3, 0.4) is 0 Å². The summed E-state index contributed by atoms with van der Waals surface area (Å²) >= 11 is 0. The molecule has 8 heteroatoms. The van der Waals surface area contributed by atoms with Crippen molar-refractivity contribution in [2.45, 2.75) is 51.0 Å². The molecule has 1 amide bonds. The van der Waals surface area contributed by atoms with Crippen LogP contribution in [0, 0.1) is 11.6 Å². The number of aryl methyl sites for hydroxylation is 1. The van der Waals surface area contributed by atoms with Gasteiger partial charge in [0.25, 0.3) is 5.91 Å². The average Bonchev–Trinajstić information content (AvgIpc) is 2.89. The summed E-state index contributed by atoms with van der Waals surface area (Å²) < 4.78 is 29.0. The Morgan fingerprint density at radius 3 is 2.65 bits per heavy atom. The maximum Gasteiger partial charge on any atom is 0.275 e. The molecule has 0 N–H and O–H groups in total. The van der Waals surface area contributed by atoms with Gasteiger partial charge in [-0.3, -0.25) is 4.79 Å². The highest BCUT2D eigenvalue weighted by Crippen LogP contribution is 2.29. The van der Waals surface area contributed by atoms with Crippen LogP contribution in [-0.2, 0) is 13.0 Å². The Balaban J connectivity index is 1.44. The topological polar surface area (TPSA) is 63.9 Å². The quantitative estimate of drug-likeness (QED) is 0.825. The number of carbonyl (C=O) groups is 1. The number of rotatable bonds is 2. The third-order valence-corrected chi connectivity index (χ3v) is 5.30. The SMILES string of the molecule is O=C(c1ncc(F)cc1F)N1CCC(c2nnc3n2CCCCC3)CC1. The predicted molar refractivity (Wildman–Crippen MR) is 89.6 cm³/mol. The summed E-state index contributed by atoms with van der Waals surface area (Å²) in [7, 11) is 0. The number of hydrogen-bond donors (Lipinski definition) is 0. The zero-order valence-corrected chi connectivity index (χ0v) is 14.5. The first-order valence-electron chi connectivity index (χ1n) is 9.16. The van der Waals surface area contributed by atoms with Crippen LogP contribution in [0.1, 0.15) is 60.2 Å². The number of aromatic nitrogens is 4. The second kappa shape index (κ2) is 7.09. The van der Waals surface area contributed by atoms with E-state index < -0.39 is 17.5 Å². The molecule has 0 aromatic carbocycles. The normalized spacial score (nSPS) is 18.5. The second-order valence-electron chi connectivity index (χ2n) is 6.99. The minimum atomic E-state index is -0.917. The maximum absolute atomic E-state index is 13.8. The number of nitrogens with zero attached hydrogens (tertiary/aromatic N) is 5. The van der Waals surface area contributed by atoms with Gasteiger partial charge in [-0.05, 0) is 25.7 Å². The van der Waals surface area contributed by atoms with Crippen molar-refractivity contribution in [2.24, 2.45) is 0 Å². The second-order valence-corrected chi connectivity index (χ2v) is 6.99.